The van der Waals surface area contributed by atoms with Gasteiger partial charge in [-0.15, -0.1) is 18.3 Å². The molecule has 3 fully saturated rings. The van der Waals surface area contributed by atoms with Crippen LogP contribution in [0.1, 0.15) is 74.2 Å². The summed E-state index contributed by atoms with van der Waals surface area (Å²) < 4.78 is 5.85. The maximum Gasteiger partial charge on any atom is 0.335 e. The van der Waals surface area contributed by atoms with E-state index < -0.39 is 23.2 Å². The molecule has 1 saturated carbocycles. The molecule has 3 N–H and O–H groups in total. The summed E-state index contributed by atoms with van der Waals surface area (Å²) in [6, 6.07) is 13.3. The van der Waals surface area contributed by atoms with Gasteiger partial charge in [0.25, 0.3) is 0 Å². The van der Waals surface area contributed by atoms with E-state index in [2.05, 4.69) is 22.1 Å². The Kier molecular flexibility index (Phi) is 10.4. The van der Waals surface area contributed by atoms with E-state index in [9.17, 15) is 19.5 Å². The molecule has 2 aromatic carbocycles. The van der Waals surface area contributed by atoms with Gasteiger partial charge in [-0.3, -0.25) is 14.5 Å². The lowest BCUT2D eigenvalue weighted by molar-refractivity contribution is -0.162. The van der Waals surface area contributed by atoms with Gasteiger partial charge in [0, 0.05) is 26.1 Å². The molecular weight excluding hydrogens is 570 g/mol. The van der Waals surface area contributed by atoms with Crippen molar-refractivity contribution in [3.63, 3.8) is 0 Å². The number of carboxylic acids is 1. The highest BCUT2D eigenvalue weighted by Gasteiger charge is 2.54. The van der Waals surface area contributed by atoms with Crippen LogP contribution in [0, 0.1) is 11.8 Å². The molecule has 5 rings (SSSR count). The SMILES string of the molecule is CC#CCN1C(=O)[C@@H](CC2(O)CCCCC2)NC(=O)C12CCN(Cc1ccc(Oc3ccc(C(=O)O)cc3)cc1)CC2.Cl. The lowest BCUT2D eigenvalue weighted by Crippen LogP contribution is -2.73. The van der Waals surface area contributed by atoms with Crippen LogP contribution in [0.5, 0.6) is 11.5 Å². The van der Waals surface area contributed by atoms with E-state index in [0.29, 0.717) is 56.8 Å². The number of piperidine rings is 1. The summed E-state index contributed by atoms with van der Waals surface area (Å²) in [7, 11) is 0. The topological polar surface area (TPSA) is 119 Å². The maximum atomic E-state index is 13.7. The number of aromatic carboxylic acids is 1. The third kappa shape index (κ3) is 7.32. The summed E-state index contributed by atoms with van der Waals surface area (Å²) in [5, 5.41) is 23.2. The molecule has 2 heterocycles. The molecule has 2 saturated heterocycles. The summed E-state index contributed by atoms with van der Waals surface area (Å²) in [6.07, 6.45) is 5.57. The van der Waals surface area contributed by atoms with Crippen molar-refractivity contribution in [1.29, 1.82) is 0 Å². The summed E-state index contributed by atoms with van der Waals surface area (Å²) in [5.74, 6) is 5.84. The number of ether oxygens (including phenoxy) is 1. The number of rotatable bonds is 8. The number of likely N-dealkylation sites (tertiary alicyclic amines) is 1. The fourth-order valence-electron chi connectivity index (χ4n) is 6.50. The van der Waals surface area contributed by atoms with Gasteiger partial charge in [0.15, 0.2) is 0 Å². The minimum Gasteiger partial charge on any atom is -0.478 e. The quantitative estimate of drug-likeness (QED) is 0.380. The number of carbonyl (C=O) groups is 3. The highest BCUT2D eigenvalue weighted by molar-refractivity contribution is 6.00. The highest BCUT2D eigenvalue weighted by atomic mass is 35.5. The van der Waals surface area contributed by atoms with Crippen molar-refractivity contribution < 1.29 is 29.3 Å². The second-order valence-corrected chi connectivity index (χ2v) is 11.7. The van der Waals surface area contributed by atoms with Crippen molar-refractivity contribution in [2.75, 3.05) is 19.6 Å². The monoisotopic (exact) mass is 609 g/mol. The van der Waals surface area contributed by atoms with E-state index in [0.717, 1.165) is 24.8 Å². The van der Waals surface area contributed by atoms with Crippen LogP contribution in [-0.2, 0) is 16.1 Å². The molecule has 3 aliphatic rings. The predicted octanol–water partition coefficient (Wildman–Crippen LogP) is 4.37. The predicted molar refractivity (Wildman–Crippen MR) is 164 cm³/mol. The number of hydrogen-bond donors (Lipinski definition) is 3. The number of halogens is 1. The molecule has 0 radical (unpaired) electrons. The van der Waals surface area contributed by atoms with Crippen molar-refractivity contribution in [2.24, 2.45) is 0 Å². The van der Waals surface area contributed by atoms with E-state index in [1.165, 1.54) is 12.1 Å². The summed E-state index contributed by atoms with van der Waals surface area (Å²) in [6.45, 7) is 3.94. The molecule has 0 aromatic heterocycles. The van der Waals surface area contributed by atoms with E-state index in [-0.39, 0.29) is 42.8 Å². The molecule has 0 bridgehead atoms. The molecule has 1 aliphatic carbocycles. The first-order chi connectivity index (χ1) is 20.2. The van der Waals surface area contributed by atoms with Gasteiger partial charge in [0.05, 0.1) is 17.7 Å². The number of amides is 2. The normalized spacial score (nSPS) is 21.3. The second-order valence-electron chi connectivity index (χ2n) is 11.7. The van der Waals surface area contributed by atoms with Crippen LogP contribution < -0.4 is 10.1 Å². The third-order valence-electron chi connectivity index (χ3n) is 8.94. The summed E-state index contributed by atoms with van der Waals surface area (Å²) >= 11 is 0. The lowest BCUT2D eigenvalue weighted by Gasteiger charge is -2.51. The Morgan fingerprint density at radius 3 is 2.16 bits per heavy atom. The Morgan fingerprint density at radius 2 is 1.58 bits per heavy atom. The Morgan fingerprint density at radius 1 is 0.977 bits per heavy atom. The average molecular weight is 610 g/mol. The van der Waals surface area contributed by atoms with Gasteiger partial charge in [-0.1, -0.05) is 37.3 Å². The number of nitrogens with zero attached hydrogens (tertiary/aromatic N) is 2. The fourth-order valence-corrected chi connectivity index (χ4v) is 6.50. The Bertz CT molecular complexity index is 1350. The molecule has 10 heteroatoms. The second kappa shape index (κ2) is 13.8. The van der Waals surface area contributed by atoms with Crippen LogP contribution in [0.3, 0.4) is 0 Å². The third-order valence-corrected chi connectivity index (χ3v) is 8.94. The lowest BCUT2D eigenvalue weighted by atomic mass is 9.77. The molecule has 2 aromatic rings. The van der Waals surface area contributed by atoms with Crippen LogP contribution in [0.15, 0.2) is 48.5 Å². The Hall–Kier alpha value is -3.58. The summed E-state index contributed by atoms with van der Waals surface area (Å²) in [5.41, 5.74) is -0.543. The number of nitrogens with one attached hydrogen (secondary N) is 1. The van der Waals surface area contributed by atoms with E-state index >= 15 is 0 Å². The number of carbonyl (C=O) groups excluding carboxylic acids is 2. The number of piperazine rings is 1. The zero-order valence-electron chi connectivity index (χ0n) is 24.5. The Labute approximate surface area is 259 Å². The van der Waals surface area contributed by atoms with E-state index in [1.807, 2.05) is 24.3 Å². The number of aliphatic hydroxyl groups is 1. The first kappa shape index (κ1) is 32.3. The highest BCUT2D eigenvalue weighted by Crippen LogP contribution is 2.37. The van der Waals surface area contributed by atoms with Gasteiger partial charge in [0.2, 0.25) is 11.8 Å². The number of benzene rings is 2. The smallest absolute Gasteiger partial charge is 0.335 e. The van der Waals surface area contributed by atoms with Gasteiger partial charge < -0.3 is 25.2 Å². The van der Waals surface area contributed by atoms with Gasteiger partial charge in [-0.2, -0.15) is 0 Å². The van der Waals surface area contributed by atoms with Gasteiger partial charge >= 0.3 is 5.97 Å². The number of hydrogen-bond acceptors (Lipinski definition) is 6. The van der Waals surface area contributed by atoms with Crippen molar-refractivity contribution in [2.45, 2.75) is 82.0 Å². The van der Waals surface area contributed by atoms with Gasteiger partial charge in [0.1, 0.15) is 23.1 Å². The molecule has 0 unspecified atom stereocenters. The van der Waals surface area contributed by atoms with Crippen LogP contribution in [-0.4, -0.2) is 74.6 Å². The zero-order chi connectivity index (χ0) is 29.7. The minimum atomic E-state index is -0.980. The zero-order valence-corrected chi connectivity index (χ0v) is 25.3. The van der Waals surface area contributed by atoms with Gasteiger partial charge in [-0.25, -0.2) is 4.79 Å². The van der Waals surface area contributed by atoms with E-state index in [1.54, 1.807) is 24.0 Å². The largest absolute Gasteiger partial charge is 0.478 e. The average Bonchev–Trinajstić information content (AvgIpc) is 2.98. The number of carboxylic acid groups (broad SMARTS) is 1. The Balaban J connectivity index is 0.00000423. The maximum absolute atomic E-state index is 13.7. The van der Waals surface area contributed by atoms with Crippen LogP contribution in [0.25, 0.3) is 0 Å². The van der Waals surface area contributed by atoms with Crippen LogP contribution in [0.4, 0.5) is 0 Å². The van der Waals surface area contributed by atoms with Crippen LogP contribution >= 0.6 is 12.4 Å². The van der Waals surface area contributed by atoms with Crippen molar-refractivity contribution >= 4 is 30.2 Å². The molecule has 43 heavy (non-hydrogen) atoms. The fraction of sp³-hybridized carbons (Fsp3) is 0.485. The minimum absolute atomic E-state index is 0. The van der Waals surface area contributed by atoms with Crippen molar-refractivity contribution in [3.8, 4) is 23.3 Å². The molecular formula is C33H40ClN3O6. The first-order valence-corrected chi connectivity index (χ1v) is 14.8. The molecule has 9 nitrogen and oxygen atoms in total. The molecule has 1 spiro atoms. The van der Waals surface area contributed by atoms with Crippen molar-refractivity contribution in [3.05, 3.63) is 59.7 Å². The van der Waals surface area contributed by atoms with Crippen molar-refractivity contribution in [1.82, 2.24) is 15.1 Å². The molecule has 1 atom stereocenters. The first-order valence-electron chi connectivity index (χ1n) is 14.8. The standard InChI is InChI=1S/C33H39N3O6.ClH/c1-2-3-19-36-29(37)28(22-32(41)15-5-4-6-16-32)34-31(40)33(36)17-20-35(21-18-33)23-24-7-11-26(12-8-24)42-27-13-9-25(10-14-27)30(38)39;/h7-14,28,41H,4-6,15-23H2,1H3,(H,34,40)(H,38,39);1H/t28-;/m1./s1. The molecule has 2 aliphatic heterocycles. The van der Waals surface area contributed by atoms with E-state index in [4.69, 9.17) is 9.84 Å². The molecule has 230 valence electrons. The summed E-state index contributed by atoms with van der Waals surface area (Å²) in [4.78, 5) is 42.4. The van der Waals surface area contributed by atoms with Gasteiger partial charge in [-0.05, 0) is 74.6 Å². The molecule has 2 amide bonds. The van der Waals surface area contributed by atoms with Crippen LogP contribution in [0.2, 0.25) is 0 Å².